The maximum Gasteiger partial charge on any atom is 0.315 e. The summed E-state index contributed by atoms with van der Waals surface area (Å²) >= 11 is 0. The molecule has 2 aromatic rings. The highest BCUT2D eigenvalue weighted by Crippen LogP contribution is 2.41. The quantitative estimate of drug-likeness (QED) is 0.485. The topological polar surface area (TPSA) is 63.7 Å². The first-order chi connectivity index (χ1) is 12.6. The van der Waals surface area contributed by atoms with E-state index in [2.05, 4.69) is 0 Å². The molecule has 4 rings (SSSR count). The number of hydrogen-bond donors (Lipinski definition) is 0. The lowest BCUT2D eigenvalue weighted by molar-refractivity contribution is -0.139. The van der Waals surface area contributed by atoms with Crippen molar-refractivity contribution < 1.29 is 19.1 Å². The number of hydrogen-bond acceptors (Lipinski definition) is 4. The molecule has 1 aliphatic carbocycles. The maximum absolute atomic E-state index is 12.3. The van der Waals surface area contributed by atoms with Gasteiger partial charge in [0.2, 0.25) is 0 Å². The number of benzene rings is 2. The van der Waals surface area contributed by atoms with Gasteiger partial charge < -0.3 is 4.74 Å². The van der Waals surface area contributed by atoms with E-state index in [-0.39, 0.29) is 30.2 Å². The van der Waals surface area contributed by atoms with Crippen molar-refractivity contribution in [2.75, 3.05) is 0 Å². The number of carbonyl (C=O) groups is 3. The fourth-order valence-electron chi connectivity index (χ4n) is 3.60. The molecule has 5 nitrogen and oxygen atoms in total. The summed E-state index contributed by atoms with van der Waals surface area (Å²) in [6.07, 6.45) is 4.09. The molecule has 2 aliphatic rings. The van der Waals surface area contributed by atoms with E-state index in [0.29, 0.717) is 18.6 Å². The Bertz CT molecular complexity index is 899. The number of esters is 1. The van der Waals surface area contributed by atoms with Gasteiger partial charge in [-0.3, -0.25) is 19.3 Å². The molecule has 2 amide bonds. The number of amides is 2. The van der Waals surface area contributed by atoms with Crippen LogP contribution in [0.4, 0.5) is 0 Å². The van der Waals surface area contributed by atoms with Crippen LogP contribution in [0, 0.1) is 0 Å². The summed E-state index contributed by atoms with van der Waals surface area (Å²) in [4.78, 5) is 37.5. The van der Waals surface area contributed by atoms with Crippen molar-refractivity contribution in [1.82, 2.24) is 4.90 Å². The Labute approximate surface area is 150 Å². The van der Waals surface area contributed by atoms with Crippen molar-refractivity contribution in [3.05, 3.63) is 77.4 Å². The van der Waals surface area contributed by atoms with E-state index in [1.165, 1.54) is 17.1 Å². The summed E-state index contributed by atoms with van der Waals surface area (Å²) in [5.74, 6) is -0.403. The Balaban J connectivity index is 1.54. The molecule has 0 radical (unpaired) electrons. The molecule has 1 aliphatic heterocycles. The van der Waals surface area contributed by atoms with Crippen LogP contribution in [-0.2, 0) is 27.2 Å². The van der Waals surface area contributed by atoms with Gasteiger partial charge in [-0.05, 0) is 30.0 Å². The van der Waals surface area contributed by atoms with Crippen molar-refractivity contribution in [3.63, 3.8) is 0 Å². The standard InChI is InChI=1S/C21H17NO4/c23-19-11-12-20(24)22(19)17-10-9-16-15(17)7-4-8-18(16)26-21(25)13-14-5-2-1-3-6-14/h1-8,11-12,17H,9-10,13H2/t17-/m0/s1. The highest BCUT2D eigenvalue weighted by molar-refractivity contribution is 6.13. The molecule has 26 heavy (non-hydrogen) atoms. The minimum atomic E-state index is -0.331. The summed E-state index contributed by atoms with van der Waals surface area (Å²) in [7, 11) is 0. The summed E-state index contributed by atoms with van der Waals surface area (Å²) in [5, 5.41) is 0. The molecule has 1 heterocycles. The van der Waals surface area contributed by atoms with Crippen LogP contribution >= 0.6 is 0 Å². The lowest BCUT2D eigenvalue weighted by Gasteiger charge is -2.23. The molecule has 1 atom stereocenters. The van der Waals surface area contributed by atoms with Gasteiger partial charge in [0.25, 0.3) is 11.8 Å². The summed E-state index contributed by atoms with van der Waals surface area (Å²) in [5.41, 5.74) is 2.66. The lowest BCUT2D eigenvalue weighted by Crippen LogP contribution is -2.33. The van der Waals surface area contributed by atoms with Crippen LogP contribution in [0.5, 0.6) is 5.75 Å². The largest absolute Gasteiger partial charge is 0.426 e. The lowest BCUT2D eigenvalue weighted by atomic mass is 10.1. The van der Waals surface area contributed by atoms with Crippen LogP contribution in [0.1, 0.15) is 29.2 Å². The third-order valence-corrected chi connectivity index (χ3v) is 4.77. The van der Waals surface area contributed by atoms with Gasteiger partial charge in [-0.25, -0.2) is 0 Å². The predicted molar refractivity (Wildman–Crippen MR) is 94.3 cm³/mol. The molecule has 0 unspecified atom stereocenters. The van der Waals surface area contributed by atoms with Crippen LogP contribution in [-0.4, -0.2) is 22.7 Å². The molecule has 130 valence electrons. The van der Waals surface area contributed by atoms with E-state index in [1.54, 1.807) is 12.1 Å². The number of fused-ring (bicyclic) bond motifs is 1. The van der Waals surface area contributed by atoms with Crippen molar-refractivity contribution in [2.45, 2.75) is 25.3 Å². The van der Waals surface area contributed by atoms with E-state index in [0.717, 1.165) is 16.7 Å². The van der Waals surface area contributed by atoms with E-state index in [1.807, 2.05) is 36.4 Å². The summed E-state index contributed by atoms with van der Waals surface area (Å²) < 4.78 is 5.58. The number of ether oxygens (including phenoxy) is 1. The van der Waals surface area contributed by atoms with Crippen LogP contribution in [0.25, 0.3) is 0 Å². The average Bonchev–Trinajstić information content (AvgIpc) is 3.19. The van der Waals surface area contributed by atoms with Gasteiger partial charge in [0.1, 0.15) is 5.75 Å². The minimum Gasteiger partial charge on any atom is -0.426 e. The SMILES string of the molecule is O=C(Cc1ccccc1)Oc1cccc2c1CC[C@@H]2N1C(=O)C=CC1=O. The first kappa shape index (κ1) is 16.3. The van der Waals surface area contributed by atoms with Gasteiger partial charge in [0.15, 0.2) is 0 Å². The van der Waals surface area contributed by atoms with Crippen molar-refractivity contribution >= 4 is 17.8 Å². The van der Waals surface area contributed by atoms with Gasteiger partial charge in [0.05, 0.1) is 12.5 Å². The Kier molecular flexibility index (Phi) is 4.13. The third-order valence-electron chi connectivity index (χ3n) is 4.77. The molecule has 0 aromatic heterocycles. The second kappa shape index (κ2) is 6.59. The molecule has 0 fully saturated rings. The average molecular weight is 347 g/mol. The molecule has 0 N–H and O–H groups in total. The van der Waals surface area contributed by atoms with Crippen molar-refractivity contribution in [2.24, 2.45) is 0 Å². The molecule has 0 saturated heterocycles. The first-order valence-electron chi connectivity index (χ1n) is 8.55. The second-order valence-electron chi connectivity index (χ2n) is 6.39. The van der Waals surface area contributed by atoms with Crippen LogP contribution < -0.4 is 4.74 Å². The van der Waals surface area contributed by atoms with Crippen LogP contribution in [0.15, 0.2) is 60.7 Å². The highest BCUT2D eigenvalue weighted by atomic mass is 16.5. The van der Waals surface area contributed by atoms with E-state index >= 15 is 0 Å². The molecule has 2 aromatic carbocycles. The first-order valence-corrected chi connectivity index (χ1v) is 8.55. The summed E-state index contributed by atoms with van der Waals surface area (Å²) in [6, 6.07) is 14.6. The monoisotopic (exact) mass is 347 g/mol. The Morgan fingerprint density at radius 3 is 2.46 bits per heavy atom. The fourth-order valence-corrected chi connectivity index (χ4v) is 3.60. The minimum absolute atomic E-state index is 0.195. The molecular weight excluding hydrogens is 330 g/mol. The predicted octanol–water partition coefficient (Wildman–Crippen LogP) is 2.75. The molecular formula is C21H17NO4. The zero-order valence-corrected chi connectivity index (χ0v) is 14.1. The van der Waals surface area contributed by atoms with Crippen molar-refractivity contribution in [1.29, 1.82) is 0 Å². The number of carbonyl (C=O) groups excluding carboxylic acids is 3. The van der Waals surface area contributed by atoms with Gasteiger partial charge >= 0.3 is 5.97 Å². The van der Waals surface area contributed by atoms with Crippen LogP contribution in [0.2, 0.25) is 0 Å². The highest BCUT2D eigenvalue weighted by Gasteiger charge is 2.37. The maximum atomic E-state index is 12.3. The number of rotatable bonds is 4. The Morgan fingerprint density at radius 1 is 1.00 bits per heavy atom. The van der Waals surface area contributed by atoms with E-state index < -0.39 is 0 Å². The summed E-state index contributed by atoms with van der Waals surface area (Å²) in [6.45, 7) is 0. The Morgan fingerprint density at radius 2 is 1.73 bits per heavy atom. The van der Waals surface area contributed by atoms with Crippen LogP contribution in [0.3, 0.4) is 0 Å². The van der Waals surface area contributed by atoms with Crippen molar-refractivity contribution in [3.8, 4) is 5.75 Å². The van der Waals surface area contributed by atoms with E-state index in [4.69, 9.17) is 4.74 Å². The number of imide groups is 1. The third kappa shape index (κ3) is 2.92. The van der Waals surface area contributed by atoms with Gasteiger partial charge in [-0.15, -0.1) is 0 Å². The normalized spacial score (nSPS) is 18.3. The molecule has 5 heteroatoms. The molecule has 0 spiro atoms. The second-order valence-corrected chi connectivity index (χ2v) is 6.39. The zero-order valence-electron chi connectivity index (χ0n) is 14.1. The van der Waals surface area contributed by atoms with Gasteiger partial charge in [-0.2, -0.15) is 0 Å². The van der Waals surface area contributed by atoms with Gasteiger partial charge in [-0.1, -0.05) is 42.5 Å². The number of nitrogens with zero attached hydrogens (tertiary/aromatic N) is 1. The smallest absolute Gasteiger partial charge is 0.315 e. The van der Waals surface area contributed by atoms with E-state index in [9.17, 15) is 14.4 Å². The molecule has 0 saturated carbocycles. The Hall–Kier alpha value is -3.21. The molecule has 0 bridgehead atoms. The fraction of sp³-hybridized carbons (Fsp3) is 0.190. The van der Waals surface area contributed by atoms with Gasteiger partial charge in [0, 0.05) is 17.7 Å². The zero-order chi connectivity index (χ0) is 18.1.